The van der Waals surface area contributed by atoms with Crippen LogP contribution in [0.1, 0.15) is 10.6 Å². The molecule has 0 saturated carbocycles. The highest BCUT2D eigenvalue weighted by molar-refractivity contribution is 5.91. The molecule has 1 aromatic heterocycles. The molecular weight excluding hydrogens is 352 g/mol. The molecule has 7 heteroatoms. The van der Waals surface area contributed by atoms with Crippen LogP contribution in [0.5, 0.6) is 0 Å². The van der Waals surface area contributed by atoms with Crippen LogP contribution in [0.4, 0.5) is 0 Å². The van der Waals surface area contributed by atoms with Crippen molar-refractivity contribution in [3.05, 3.63) is 66.5 Å². The van der Waals surface area contributed by atoms with Gasteiger partial charge in [0.2, 0.25) is 5.82 Å². The van der Waals surface area contributed by atoms with E-state index >= 15 is 0 Å². The van der Waals surface area contributed by atoms with Crippen LogP contribution < -0.4 is 10.6 Å². The van der Waals surface area contributed by atoms with Crippen LogP contribution in [0.2, 0.25) is 0 Å². The van der Waals surface area contributed by atoms with Gasteiger partial charge in [-0.1, -0.05) is 48.5 Å². The Bertz CT molecular complexity index is 846. The summed E-state index contributed by atoms with van der Waals surface area (Å²) in [6, 6.07) is 19.5. The Labute approximate surface area is 164 Å². The molecule has 2 N–H and O–H groups in total. The predicted octanol–water partition coefficient (Wildman–Crippen LogP) is 1.57. The summed E-state index contributed by atoms with van der Waals surface area (Å²) in [6.07, 6.45) is 0. The fourth-order valence-corrected chi connectivity index (χ4v) is 3.27. The topological polar surface area (TPSA) is 75.1 Å². The smallest absolute Gasteiger partial charge is 0.291 e. The number of nitrogens with zero attached hydrogens (tertiary/aromatic N) is 4. The van der Waals surface area contributed by atoms with Crippen molar-refractivity contribution in [3.8, 4) is 17.1 Å². The molecule has 1 aliphatic heterocycles. The Morgan fingerprint density at radius 3 is 2.39 bits per heavy atom. The predicted molar refractivity (Wildman–Crippen MR) is 108 cm³/mol. The highest BCUT2D eigenvalue weighted by atomic mass is 16.2. The summed E-state index contributed by atoms with van der Waals surface area (Å²) in [5, 5.41) is 10.8. The third-order valence-corrected chi connectivity index (χ3v) is 4.77. The molecule has 0 radical (unpaired) electrons. The Balaban J connectivity index is 1.52. The molecule has 0 spiro atoms. The zero-order valence-corrected chi connectivity index (χ0v) is 15.7. The van der Waals surface area contributed by atoms with Gasteiger partial charge in [0.15, 0.2) is 5.82 Å². The Kier molecular flexibility index (Phi) is 5.75. The van der Waals surface area contributed by atoms with E-state index in [1.165, 1.54) is 0 Å². The molecule has 28 heavy (non-hydrogen) atoms. The van der Waals surface area contributed by atoms with E-state index in [1.54, 1.807) is 4.68 Å². The lowest BCUT2D eigenvalue weighted by Crippen LogP contribution is -2.46. The number of rotatable bonds is 6. The van der Waals surface area contributed by atoms with Crippen molar-refractivity contribution >= 4 is 5.91 Å². The van der Waals surface area contributed by atoms with Gasteiger partial charge >= 0.3 is 0 Å². The van der Waals surface area contributed by atoms with Crippen LogP contribution in [0.3, 0.4) is 0 Å². The summed E-state index contributed by atoms with van der Waals surface area (Å²) in [7, 11) is 0. The Morgan fingerprint density at radius 2 is 1.68 bits per heavy atom. The summed E-state index contributed by atoms with van der Waals surface area (Å²) < 4.78 is 1.72. The van der Waals surface area contributed by atoms with Crippen molar-refractivity contribution in [2.45, 2.75) is 0 Å². The first-order chi connectivity index (χ1) is 13.8. The lowest BCUT2D eigenvalue weighted by molar-refractivity contribution is 0.0937. The van der Waals surface area contributed by atoms with E-state index in [0.29, 0.717) is 12.4 Å². The molecule has 0 bridgehead atoms. The maximum absolute atomic E-state index is 12.6. The van der Waals surface area contributed by atoms with E-state index in [9.17, 15) is 4.79 Å². The highest BCUT2D eigenvalue weighted by Crippen LogP contribution is 2.20. The van der Waals surface area contributed by atoms with Crippen LogP contribution >= 0.6 is 0 Å². The van der Waals surface area contributed by atoms with Gasteiger partial charge in [-0.05, 0) is 12.1 Å². The van der Waals surface area contributed by atoms with E-state index in [1.807, 2.05) is 60.7 Å². The summed E-state index contributed by atoms with van der Waals surface area (Å²) in [5.41, 5.74) is 1.78. The molecule has 1 fully saturated rings. The number of aromatic nitrogens is 3. The van der Waals surface area contributed by atoms with E-state index in [-0.39, 0.29) is 11.7 Å². The van der Waals surface area contributed by atoms with Crippen molar-refractivity contribution in [1.82, 2.24) is 30.3 Å². The molecule has 0 atom stereocenters. The van der Waals surface area contributed by atoms with Gasteiger partial charge in [-0.3, -0.25) is 9.69 Å². The minimum absolute atomic E-state index is 0.183. The van der Waals surface area contributed by atoms with Gasteiger partial charge in [-0.25, -0.2) is 9.67 Å². The molecule has 1 amide bonds. The fraction of sp³-hybridized carbons (Fsp3) is 0.286. The molecule has 7 nitrogen and oxygen atoms in total. The number of hydrogen-bond donors (Lipinski definition) is 2. The maximum Gasteiger partial charge on any atom is 0.291 e. The average molecular weight is 376 g/mol. The monoisotopic (exact) mass is 376 g/mol. The van der Waals surface area contributed by atoms with Gasteiger partial charge in [0.1, 0.15) is 0 Å². The van der Waals surface area contributed by atoms with Crippen LogP contribution in [0.25, 0.3) is 17.1 Å². The summed E-state index contributed by atoms with van der Waals surface area (Å²) in [5.74, 6) is 0.587. The molecule has 3 aromatic rings. The number of para-hydroxylation sites is 1. The minimum Gasteiger partial charge on any atom is -0.348 e. The third-order valence-electron chi connectivity index (χ3n) is 4.77. The number of nitrogens with one attached hydrogen (secondary N) is 2. The second-order valence-corrected chi connectivity index (χ2v) is 6.72. The van der Waals surface area contributed by atoms with Crippen molar-refractivity contribution in [1.29, 1.82) is 0 Å². The quantitative estimate of drug-likeness (QED) is 0.683. The molecule has 1 aliphatic rings. The summed E-state index contributed by atoms with van der Waals surface area (Å²) >= 11 is 0. The van der Waals surface area contributed by atoms with E-state index in [0.717, 1.165) is 44.0 Å². The first kappa shape index (κ1) is 18.3. The van der Waals surface area contributed by atoms with Gasteiger partial charge in [0.05, 0.1) is 5.69 Å². The SMILES string of the molecule is O=C(NCCN1CCNCC1)c1nc(-c2ccccc2)n(-c2ccccc2)n1. The Hall–Kier alpha value is -3.03. The second kappa shape index (κ2) is 8.77. The van der Waals surface area contributed by atoms with Crippen LogP contribution in [-0.2, 0) is 0 Å². The fourth-order valence-electron chi connectivity index (χ4n) is 3.27. The zero-order valence-electron chi connectivity index (χ0n) is 15.7. The van der Waals surface area contributed by atoms with Crippen molar-refractivity contribution in [2.75, 3.05) is 39.3 Å². The molecule has 2 aromatic carbocycles. The summed E-state index contributed by atoms with van der Waals surface area (Å²) in [4.78, 5) is 19.5. The van der Waals surface area contributed by atoms with Gasteiger partial charge in [-0.15, -0.1) is 5.10 Å². The lowest BCUT2D eigenvalue weighted by atomic mass is 10.2. The molecule has 4 rings (SSSR count). The maximum atomic E-state index is 12.6. The normalized spacial score (nSPS) is 14.7. The van der Waals surface area contributed by atoms with Crippen molar-refractivity contribution < 1.29 is 4.79 Å². The largest absolute Gasteiger partial charge is 0.348 e. The van der Waals surface area contributed by atoms with Gasteiger partial charge < -0.3 is 10.6 Å². The molecule has 1 saturated heterocycles. The number of amides is 1. The third kappa shape index (κ3) is 4.27. The standard InChI is InChI=1S/C21H24N6O/c28-21(23-13-16-26-14-11-22-12-15-26)19-24-20(17-7-3-1-4-8-17)27(25-19)18-9-5-2-6-10-18/h1-10,22H,11-16H2,(H,23,28). The molecule has 2 heterocycles. The number of benzene rings is 2. The zero-order chi connectivity index (χ0) is 19.2. The number of carbonyl (C=O) groups excluding carboxylic acids is 1. The van der Waals surface area contributed by atoms with Crippen LogP contribution in [0, 0.1) is 0 Å². The second-order valence-electron chi connectivity index (χ2n) is 6.72. The first-order valence-corrected chi connectivity index (χ1v) is 9.60. The number of hydrogen-bond acceptors (Lipinski definition) is 5. The van der Waals surface area contributed by atoms with Crippen molar-refractivity contribution in [2.24, 2.45) is 0 Å². The van der Waals surface area contributed by atoms with Gasteiger partial charge in [-0.2, -0.15) is 0 Å². The highest BCUT2D eigenvalue weighted by Gasteiger charge is 2.19. The molecular formula is C21H24N6O. The van der Waals surface area contributed by atoms with E-state index < -0.39 is 0 Å². The number of piperazine rings is 1. The minimum atomic E-state index is -0.248. The molecule has 0 unspecified atom stereocenters. The Morgan fingerprint density at radius 1 is 1.00 bits per heavy atom. The van der Waals surface area contributed by atoms with Gasteiger partial charge in [0, 0.05) is 44.8 Å². The summed E-state index contributed by atoms with van der Waals surface area (Å²) in [6.45, 7) is 5.43. The molecule has 0 aliphatic carbocycles. The lowest BCUT2D eigenvalue weighted by Gasteiger charge is -2.26. The first-order valence-electron chi connectivity index (χ1n) is 9.60. The number of carbonyl (C=O) groups is 1. The average Bonchev–Trinajstić information content (AvgIpc) is 3.21. The van der Waals surface area contributed by atoms with E-state index in [2.05, 4.69) is 25.6 Å². The van der Waals surface area contributed by atoms with Crippen LogP contribution in [-0.4, -0.2) is 64.8 Å². The van der Waals surface area contributed by atoms with Gasteiger partial charge in [0.25, 0.3) is 5.91 Å². The van der Waals surface area contributed by atoms with Crippen molar-refractivity contribution in [3.63, 3.8) is 0 Å². The molecule has 144 valence electrons. The van der Waals surface area contributed by atoms with Crippen LogP contribution in [0.15, 0.2) is 60.7 Å². The van der Waals surface area contributed by atoms with E-state index in [4.69, 9.17) is 0 Å².